The lowest BCUT2D eigenvalue weighted by Crippen LogP contribution is -2.37. The highest BCUT2D eigenvalue weighted by molar-refractivity contribution is 5.80. The van der Waals surface area contributed by atoms with Crippen LogP contribution in [0.15, 0.2) is 41.2 Å². The average Bonchev–Trinajstić information content (AvgIpc) is 3.15. The Labute approximate surface area is 129 Å². The molecule has 1 saturated heterocycles. The molecule has 114 valence electrons. The largest absolute Gasteiger partial charge is 0.343 e. The molecule has 1 amide bonds. The molecule has 0 bridgehead atoms. The molecule has 22 heavy (non-hydrogen) atoms. The van der Waals surface area contributed by atoms with Gasteiger partial charge in [0, 0.05) is 30.8 Å². The van der Waals surface area contributed by atoms with Crippen molar-refractivity contribution in [2.45, 2.75) is 31.1 Å². The minimum Gasteiger partial charge on any atom is -0.343 e. The molecule has 2 aliphatic rings. The summed E-state index contributed by atoms with van der Waals surface area (Å²) in [5.74, 6) is 1.60. The topological polar surface area (TPSA) is 59.2 Å². The Morgan fingerprint density at radius 3 is 2.55 bits per heavy atom. The van der Waals surface area contributed by atoms with Gasteiger partial charge in [-0.2, -0.15) is 4.98 Å². The van der Waals surface area contributed by atoms with Crippen molar-refractivity contribution in [2.75, 3.05) is 13.1 Å². The van der Waals surface area contributed by atoms with Crippen LogP contribution in [0.2, 0.25) is 0 Å². The van der Waals surface area contributed by atoms with E-state index in [9.17, 15) is 4.79 Å². The van der Waals surface area contributed by atoms with E-state index in [-0.39, 0.29) is 17.8 Å². The molecule has 1 aromatic carbocycles. The van der Waals surface area contributed by atoms with E-state index in [4.69, 9.17) is 4.52 Å². The van der Waals surface area contributed by atoms with Gasteiger partial charge in [-0.1, -0.05) is 41.9 Å². The maximum absolute atomic E-state index is 12.6. The van der Waals surface area contributed by atoms with Crippen LogP contribution >= 0.6 is 0 Å². The van der Waals surface area contributed by atoms with Crippen LogP contribution in [0.1, 0.15) is 42.5 Å². The molecule has 2 atom stereocenters. The first-order chi connectivity index (χ1) is 10.8. The van der Waals surface area contributed by atoms with E-state index in [1.54, 1.807) is 0 Å². The van der Waals surface area contributed by atoms with Crippen molar-refractivity contribution < 1.29 is 9.32 Å². The average molecular weight is 297 g/mol. The SMILES string of the molecule is O=C(C1CCC1)N1C[C@H](c2ccccc2)[C@@H](c2ncon2)C1. The Hall–Kier alpha value is -2.17. The second-order valence-electron chi connectivity index (χ2n) is 6.28. The third kappa shape index (κ3) is 2.30. The van der Waals surface area contributed by atoms with Gasteiger partial charge in [0.25, 0.3) is 0 Å². The summed E-state index contributed by atoms with van der Waals surface area (Å²) in [4.78, 5) is 18.8. The van der Waals surface area contributed by atoms with Crippen LogP contribution in [0.25, 0.3) is 0 Å². The summed E-state index contributed by atoms with van der Waals surface area (Å²) in [6.07, 6.45) is 4.63. The zero-order valence-corrected chi connectivity index (χ0v) is 12.4. The number of carbonyl (C=O) groups excluding carboxylic acids is 1. The highest BCUT2D eigenvalue weighted by Gasteiger charge is 2.41. The fraction of sp³-hybridized carbons (Fsp3) is 0.471. The van der Waals surface area contributed by atoms with E-state index in [1.165, 1.54) is 18.4 Å². The normalized spacial score (nSPS) is 25.2. The van der Waals surface area contributed by atoms with Gasteiger partial charge in [-0.3, -0.25) is 4.79 Å². The molecule has 1 aliphatic heterocycles. The molecule has 0 radical (unpaired) electrons. The molecule has 5 nitrogen and oxygen atoms in total. The summed E-state index contributed by atoms with van der Waals surface area (Å²) in [5, 5.41) is 4.02. The molecule has 0 N–H and O–H groups in total. The molecule has 1 aliphatic carbocycles. The van der Waals surface area contributed by atoms with Gasteiger partial charge < -0.3 is 9.42 Å². The lowest BCUT2D eigenvalue weighted by atomic mass is 9.84. The van der Waals surface area contributed by atoms with Gasteiger partial charge in [-0.25, -0.2) is 0 Å². The predicted molar refractivity (Wildman–Crippen MR) is 80.1 cm³/mol. The van der Waals surface area contributed by atoms with Crippen molar-refractivity contribution in [3.63, 3.8) is 0 Å². The molecule has 0 unspecified atom stereocenters. The lowest BCUT2D eigenvalue weighted by molar-refractivity contribution is -0.137. The van der Waals surface area contributed by atoms with Crippen LogP contribution in [-0.4, -0.2) is 34.0 Å². The van der Waals surface area contributed by atoms with Gasteiger partial charge in [0.15, 0.2) is 5.82 Å². The quantitative estimate of drug-likeness (QED) is 0.873. The summed E-state index contributed by atoms with van der Waals surface area (Å²) in [6, 6.07) is 10.3. The number of benzene rings is 1. The summed E-state index contributed by atoms with van der Waals surface area (Å²) in [7, 11) is 0. The maximum Gasteiger partial charge on any atom is 0.225 e. The first-order valence-corrected chi connectivity index (χ1v) is 7.93. The van der Waals surface area contributed by atoms with Crippen molar-refractivity contribution in [2.24, 2.45) is 5.92 Å². The molecule has 1 saturated carbocycles. The summed E-state index contributed by atoms with van der Waals surface area (Å²) in [5.41, 5.74) is 1.24. The third-order valence-corrected chi connectivity index (χ3v) is 5.02. The summed E-state index contributed by atoms with van der Waals surface area (Å²) in [6.45, 7) is 1.44. The van der Waals surface area contributed by atoms with Crippen LogP contribution < -0.4 is 0 Å². The highest BCUT2D eigenvalue weighted by Crippen LogP contribution is 2.40. The van der Waals surface area contributed by atoms with E-state index < -0.39 is 0 Å². The van der Waals surface area contributed by atoms with Crippen molar-refractivity contribution in [1.29, 1.82) is 0 Å². The van der Waals surface area contributed by atoms with Crippen LogP contribution in [0, 0.1) is 5.92 Å². The van der Waals surface area contributed by atoms with E-state index in [0.717, 1.165) is 19.4 Å². The van der Waals surface area contributed by atoms with Gasteiger partial charge in [0.1, 0.15) is 0 Å². The van der Waals surface area contributed by atoms with E-state index in [1.807, 2.05) is 23.1 Å². The van der Waals surface area contributed by atoms with Crippen LogP contribution in [0.3, 0.4) is 0 Å². The van der Waals surface area contributed by atoms with Gasteiger partial charge in [-0.15, -0.1) is 0 Å². The molecule has 2 fully saturated rings. The first kappa shape index (κ1) is 13.5. The third-order valence-electron chi connectivity index (χ3n) is 5.02. The minimum atomic E-state index is 0.116. The number of amides is 1. The number of aromatic nitrogens is 2. The van der Waals surface area contributed by atoms with Gasteiger partial charge in [-0.05, 0) is 18.4 Å². The molecule has 4 rings (SSSR count). The molecular formula is C17H19N3O2. The standard InChI is InChI=1S/C17H19N3O2/c21-17(13-7-4-8-13)20-9-14(12-5-2-1-3-6-12)15(10-20)16-18-11-22-19-16/h1-3,5-6,11,13-15H,4,7-10H2/t14-,15+/m1/s1. The second-order valence-corrected chi connectivity index (χ2v) is 6.28. The van der Waals surface area contributed by atoms with Crippen molar-refractivity contribution in [3.8, 4) is 0 Å². The van der Waals surface area contributed by atoms with Gasteiger partial charge in [0.05, 0.1) is 0 Å². The monoisotopic (exact) mass is 297 g/mol. The number of rotatable bonds is 3. The Kier molecular flexibility index (Phi) is 3.41. The second kappa shape index (κ2) is 5.55. The van der Waals surface area contributed by atoms with Crippen molar-refractivity contribution >= 4 is 5.91 Å². The number of carbonyl (C=O) groups is 1. The zero-order chi connectivity index (χ0) is 14.9. The number of hydrogen-bond donors (Lipinski definition) is 0. The van der Waals surface area contributed by atoms with E-state index in [2.05, 4.69) is 22.3 Å². The Balaban J connectivity index is 1.61. The van der Waals surface area contributed by atoms with Crippen LogP contribution in [0.4, 0.5) is 0 Å². The van der Waals surface area contributed by atoms with E-state index in [0.29, 0.717) is 18.3 Å². The highest BCUT2D eigenvalue weighted by atomic mass is 16.5. The molecule has 2 aromatic rings. The van der Waals surface area contributed by atoms with Crippen molar-refractivity contribution in [3.05, 3.63) is 48.1 Å². The Morgan fingerprint density at radius 2 is 1.91 bits per heavy atom. The summed E-state index contributed by atoms with van der Waals surface area (Å²) >= 11 is 0. The lowest BCUT2D eigenvalue weighted by Gasteiger charge is -2.29. The number of nitrogens with zero attached hydrogens (tertiary/aromatic N) is 3. The fourth-order valence-electron chi connectivity index (χ4n) is 3.54. The number of hydrogen-bond acceptors (Lipinski definition) is 4. The molecular weight excluding hydrogens is 278 g/mol. The summed E-state index contributed by atoms with van der Waals surface area (Å²) < 4.78 is 4.92. The Morgan fingerprint density at radius 1 is 1.14 bits per heavy atom. The van der Waals surface area contributed by atoms with Crippen molar-refractivity contribution in [1.82, 2.24) is 15.0 Å². The van der Waals surface area contributed by atoms with Crippen LogP contribution in [-0.2, 0) is 4.79 Å². The van der Waals surface area contributed by atoms with Gasteiger partial charge >= 0.3 is 0 Å². The van der Waals surface area contributed by atoms with Gasteiger partial charge in [0.2, 0.25) is 12.3 Å². The minimum absolute atomic E-state index is 0.116. The smallest absolute Gasteiger partial charge is 0.225 e. The predicted octanol–water partition coefficient (Wildman–Crippen LogP) is 2.58. The molecule has 1 aromatic heterocycles. The zero-order valence-electron chi connectivity index (χ0n) is 12.4. The van der Waals surface area contributed by atoms with E-state index >= 15 is 0 Å². The Bertz CT molecular complexity index is 637. The maximum atomic E-state index is 12.6. The molecule has 0 spiro atoms. The molecule has 2 heterocycles. The van der Waals surface area contributed by atoms with Crippen LogP contribution in [0.5, 0.6) is 0 Å². The molecule has 5 heteroatoms. The fourth-order valence-corrected chi connectivity index (χ4v) is 3.54. The number of likely N-dealkylation sites (tertiary alicyclic amines) is 1. The first-order valence-electron chi connectivity index (χ1n) is 7.93.